The lowest BCUT2D eigenvalue weighted by Crippen LogP contribution is -2.37. The normalized spacial score (nSPS) is 12.3. The summed E-state index contributed by atoms with van der Waals surface area (Å²) in [5, 5.41) is 15.5. The van der Waals surface area contributed by atoms with Crippen molar-refractivity contribution in [1.29, 1.82) is 0 Å². The van der Waals surface area contributed by atoms with Crippen LogP contribution in [0.25, 0.3) is 0 Å². The van der Waals surface area contributed by atoms with Crippen LogP contribution in [0.2, 0.25) is 0 Å². The minimum Gasteiger partial charge on any atom is -0.396 e. The van der Waals surface area contributed by atoms with E-state index in [-0.39, 0.29) is 18.1 Å². The maximum absolute atomic E-state index is 12.0. The van der Waals surface area contributed by atoms with Crippen molar-refractivity contribution in [2.75, 3.05) is 13.2 Å². The van der Waals surface area contributed by atoms with Crippen molar-refractivity contribution in [3.05, 3.63) is 27.2 Å². The zero-order chi connectivity index (χ0) is 13.9. The first kappa shape index (κ1) is 14.4. The number of carbonyl (C=O) groups is 1. The fraction of sp³-hybridized carbons (Fsp3) is 0.583. The first-order valence-corrected chi connectivity index (χ1v) is 5.82. The van der Waals surface area contributed by atoms with E-state index in [1.807, 2.05) is 6.92 Å². The van der Waals surface area contributed by atoms with Crippen molar-refractivity contribution in [2.24, 2.45) is 13.0 Å². The van der Waals surface area contributed by atoms with Crippen LogP contribution in [0.15, 0.2) is 4.79 Å². The molecule has 0 aliphatic carbocycles. The molecule has 0 fully saturated rings. The Hall–Kier alpha value is -1.69. The third-order valence-corrected chi connectivity index (χ3v) is 2.88. The van der Waals surface area contributed by atoms with Crippen molar-refractivity contribution >= 4 is 5.91 Å². The molecule has 1 rings (SSSR count). The SMILES string of the molecule is Cc1nn(C)c(=O)c(C(=O)NCC(C)CO)c1C. The van der Waals surface area contributed by atoms with E-state index in [0.29, 0.717) is 17.8 Å². The van der Waals surface area contributed by atoms with E-state index in [0.717, 1.165) is 4.68 Å². The van der Waals surface area contributed by atoms with Gasteiger partial charge in [0, 0.05) is 20.2 Å². The van der Waals surface area contributed by atoms with E-state index in [4.69, 9.17) is 5.11 Å². The van der Waals surface area contributed by atoms with Gasteiger partial charge in [-0.25, -0.2) is 4.68 Å². The highest BCUT2D eigenvalue weighted by molar-refractivity contribution is 5.95. The van der Waals surface area contributed by atoms with Crippen molar-refractivity contribution in [1.82, 2.24) is 15.1 Å². The molecule has 0 bridgehead atoms. The number of aromatic nitrogens is 2. The van der Waals surface area contributed by atoms with Gasteiger partial charge in [0.1, 0.15) is 5.56 Å². The zero-order valence-electron chi connectivity index (χ0n) is 11.1. The molecule has 0 radical (unpaired) electrons. The number of carbonyl (C=O) groups excluding carboxylic acids is 1. The molecule has 0 aromatic carbocycles. The van der Waals surface area contributed by atoms with Gasteiger partial charge in [0.15, 0.2) is 0 Å². The fourth-order valence-electron chi connectivity index (χ4n) is 1.54. The van der Waals surface area contributed by atoms with Crippen molar-refractivity contribution in [2.45, 2.75) is 20.8 Å². The highest BCUT2D eigenvalue weighted by Crippen LogP contribution is 2.05. The van der Waals surface area contributed by atoms with E-state index in [1.54, 1.807) is 13.8 Å². The van der Waals surface area contributed by atoms with Crippen LogP contribution in [0.4, 0.5) is 0 Å². The van der Waals surface area contributed by atoms with Gasteiger partial charge in [0.2, 0.25) is 0 Å². The third kappa shape index (κ3) is 2.95. The quantitative estimate of drug-likeness (QED) is 0.775. The molecule has 0 saturated heterocycles. The second kappa shape index (κ2) is 5.77. The van der Waals surface area contributed by atoms with Gasteiger partial charge in [-0.3, -0.25) is 9.59 Å². The summed E-state index contributed by atoms with van der Waals surface area (Å²) in [7, 11) is 1.52. The van der Waals surface area contributed by atoms with Crippen LogP contribution in [-0.2, 0) is 7.05 Å². The summed E-state index contributed by atoms with van der Waals surface area (Å²) in [4.78, 5) is 23.9. The average molecular weight is 253 g/mol. The Balaban J connectivity index is 3.03. The van der Waals surface area contributed by atoms with Gasteiger partial charge in [-0.2, -0.15) is 5.10 Å². The maximum atomic E-state index is 12.0. The minimum absolute atomic E-state index is 0.00730. The number of hydrogen-bond donors (Lipinski definition) is 2. The minimum atomic E-state index is -0.418. The van der Waals surface area contributed by atoms with Crippen LogP contribution in [0, 0.1) is 19.8 Å². The van der Waals surface area contributed by atoms with Gasteiger partial charge in [0.05, 0.1) is 5.69 Å². The molecule has 1 unspecified atom stereocenters. The summed E-state index contributed by atoms with van der Waals surface area (Å²) >= 11 is 0. The van der Waals surface area contributed by atoms with E-state index >= 15 is 0 Å². The summed E-state index contributed by atoms with van der Waals surface area (Å²) in [5.41, 5.74) is 0.951. The van der Waals surface area contributed by atoms with Crippen LogP contribution in [0.3, 0.4) is 0 Å². The van der Waals surface area contributed by atoms with Crippen LogP contribution >= 0.6 is 0 Å². The molecular formula is C12H19N3O3. The molecule has 6 nitrogen and oxygen atoms in total. The molecule has 1 atom stereocenters. The second-order valence-electron chi connectivity index (χ2n) is 4.51. The first-order valence-electron chi connectivity index (χ1n) is 5.82. The molecule has 2 N–H and O–H groups in total. The summed E-state index contributed by atoms with van der Waals surface area (Å²) in [6, 6.07) is 0. The third-order valence-electron chi connectivity index (χ3n) is 2.88. The standard InChI is InChI=1S/C12H19N3O3/c1-7(6-16)5-13-11(17)10-8(2)9(3)14-15(4)12(10)18/h7,16H,5-6H2,1-4H3,(H,13,17). The van der Waals surface area contributed by atoms with Crippen LogP contribution in [0.5, 0.6) is 0 Å². The fourth-order valence-corrected chi connectivity index (χ4v) is 1.54. The molecule has 6 heteroatoms. The molecular weight excluding hydrogens is 234 g/mol. The van der Waals surface area contributed by atoms with Gasteiger partial charge >= 0.3 is 0 Å². The Bertz CT molecular complexity index is 508. The number of nitrogens with one attached hydrogen (secondary N) is 1. The van der Waals surface area contributed by atoms with Crippen molar-refractivity contribution in [3.63, 3.8) is 0 Å². The van der Waals surface area contributed by atoms with Gasteiger partial charge < -0.3 is 10.4 Å². The second-order valence-corrected chi connectivity index (χ2v) is 4.51. The number of aryl methyl sites for hydroxylation is 2. The highest BCUT2D eigenvalue weighted by Gasteiger charge is 2.17. The molecule has 0 saturated carbocycles. The van der Waals surface area contributed by atoms with E-state index in [2.05, 4.69) is 10.4 Å². The Morgan fingerprint density at radius 2 is 2.11 bits per heavy atom. The topological polar surface area (TPSA) is 84.2 Å². The van der Waals surface area contributed by atoms with E-state index < -0.39 is 11.5 Å². The summed E-state index contributed by atoms with van der Waals surface area (Å²) in [6.07, 6.45) is 0. The molecule has 1 amide bonds. The largest absolute Gasteiger partial charge is 0.396 e. The van der Waals surface area contributed by atoms with Crippen LogP contribution in [-0.4, -0.2) is 33.9 Å². The molecule has 0 spiro atoms. The smallest absolute Gasteiger partial charge is 0.279 e. The Kier molecular flexibility index (Phi) is 4.61. The number of hydrogen-bond acceptors (Lipinski definition) is 4. The predicted molar refractivity (Wildman–Crippen MR) is 67.5 cm³/mol. The highest BCUT2D eigenvalue weighted by atomic mass is 16.3. The molecule has 0 aliphatic rings. The van der Waals surface area contributed by atoms with Crippen molar-refractivity contribution in [3.8, 4) is 0 Å². The predicted octanol–water partition coefficient (Wildman–Crippen LogP) is -0.245. The zero-order valence-corrected chi connectivity index (χ0v) is 11.1. The molecule has 1 aromatic rings. The molecule has 1 aromatic heterocycles. The maximum Gasteiger partial charge on any atom is 0.279 e. The number of amides is 1. The summed E-state index contributed by atoms with van der Waals surface area (Å²) in [5.74, 6) is -0.458. The van der Waals surface area contributed by atoms with E-state index in [1.165, 1.54) is 7.05 Å². The van der Waals surface area contributed by atoms with Gasteiger partial charge in [-0.05, 0) is 25.3 Å². The van der Waals surface area contributed by atoms with Gasteiger partial charge in [-0.15, -0.1) is 0 Å². The summed E-state index contributed by atoms with van der Waals surface area (Å²) < 4.78 is 1.16. The Morgan fingerprint density at radius 3 is 2.67 bits per heavy atom. The molecule has 18 heavy (non-hydrogen) atoms. The van der Waals surface area contributed by atoms with E-state index in [9.17, 15) is 9.59 Å². The lowest BCUT2D eigenvalue weighted by atomic mass is 10.1. The van der Waals surface area contributed by atoms with Crippen molar-refractivity contribution < 1.29 is 9.90 Å². The molecule has 1 heterocycles. The molecule has 100 valence electrons. The van der Waals surface area contributed by atoms with Gasteiger partial charge in [0.25, 0.3) is 11.5 Å². The number of nitrogens with zero attached hydrogens (tertiary/aromatic N) is 2. The lowest BCUT2D eigenvalue weighted by molar-refractivity contribution is 0.0939. The van der Waals surface area contributed by atoms with Crippen LogP contribution in [0.1, 0.15) is 28.5 Å². The first-order chi connectivity index (χ1) is 8.38. The summed E-state index contributed by atoms with van der Waals surface area (Å²) in [6.45, 7) is 5.59. The number of aliphatic hydroxyl groups is 1. The Morgan fingerprint density at radius 1 is 1.50 bits per heavy atom. The van der Waals surface area contributed by atoms with Crippen LogP contribution < -0.4 is 10.9 Å². The lowest BCUT2D eigenvalue weighted by Gasteiger charge is -2.12. The number of aliphatic hydroxyl groups excluding tert-OH is 1. The molecule has 0 aliphatic heterocycles. The average Bonchev–Trinajstić information content (AvgIpc) is 2.33. The number of rotatable bonds is 4. The monoisotopic (exact) mass is 253 g/mol. The Labute approximate surface area is 106 Å². The van der Waals surface area contributed by atoms with Gasteiger partial charge in [-0.1, -0.05) is 6.92 Å².